The first-order valence-corrected chi connectivity index (χ1v) is 9.26. The summed E-state index contributed by atoms with van der Waals surface area (Å²) in [6.45, 7) is 7.31. The molecule has 0 bridgehead atoms. The number of rotatable bonds is 4. The molecular weight excluding hydrogens is 348 g/mol. The van der Waals surface area contributed by atoms with Crippen molar-refractivity contribution in [3.63, 3.8) is 0 Å². The van der Waals surface area contributed by atoms with Gasteiger partial charge >= 0.3 is 0 Å². The minimum absolute atomic E-state index is 0.446. The molecule has 0 unspecified atom stereocenters. The van der Waals surface area contributed by atoms with E-state index in [-0.39, 0.29) is 0 Å². The SMILES string of the molecule is [C-]#[N+]c1ccc2nc(-c3cncc(-c4cccc(OC)c4)c3)n(C3CC3)c2c1. The summed E-state index contributed by atoms with van der Waals surface area (Å²) in [6, 6.07) is 16.2. The highest BCUT2D eigenvalue weighted by Crippen LogP contribution is 2.42. The van der Waals surface area contributed by atoms with E-state index in [2.05, 4.69) is 26.5 Å². The number of hydrogen-bond donors (Lipinski definition) is 0. The van der Waals surface area contributed by atoms with Gasteiger partial charge in [0.1, 0.15) is 11.6 Å². The number of benzene rings is 2. The molecule has 1 aliphatic carbocycles. The molecule has 1 aliphatic rings. The molecule has 0 N–H and O–H groups in total. The van der Waals surface area contributed by atoms with Gasteiger partial charge in [0.25, 0.3) is 0 Å². The average molecular weight is 366 g/mol. The summed E-state index contributed by atoms with van der Waals surface area (Å²) in [7, 11) is 1.67. The Bertz CT molecular complexity index is 1230. The first kappa shape index (κ1) is 16.5. The maximum Gasteiger partial charge on any atom is 0.189 e. The van der Waals surface area contributed by atoms with Crippen molar-refractivity contribution >= 4 is 16.7 Å². The van der Waals surface area contributed by atoms with Gasteiger partial charge in [-0.2, -0.15) is 0 Å². The summed E-state index contributed by atoms with van der Waals surface area (Å²) in [5.41, 5.74) is 5.64. The topological polar surface area (TPSA) is 44.3 Å². The molecule has 136 valence electrons. The van der Waals surface area contributed by atoms with E-state index in [4.69, 9.17) is 16.3 Å². The average Bonchev–Trinajstić information content (AvgIpc) is 3.53. The van der Waals surface area contributed by atoms with Crippen molar-refractivity contribution in [1.29, 1.82) is 0 Å². The number of aromatic nitrogens is 3. The Morgan fingerprint density at radius 1 is 1.04 bits per heavy atom. The Labute approximate surface area is 163 Å². The highest BCUT2D eigenvalue weighted by atomic mass is 16.5. The van der Waals surface area contributed by atoms with Crippen LogP contribution in [0.15, 0.2) is 60.9 Å². The van der Waals surface area contributed by atoms with Gasteiger partial charge in [-0.3, -0.25) is 4.98 Å². The lowest BCUT2D eigenvalue weighted by Gasteiger charge is -2.10. The van der Waals surface area contributed by atoms with Crippen molar-refractivity contribution in [2.45, 2.75) is 18.9 Å². The van der Waals surface area contributed by atoms with Crippen molar-refractivity contribution in [3.8, 4) is 28.3 Å². The standard InChI is InChI=1S/C23H18N4O/c1-24-18-6-9-21-22(12-18)27(19-7-8-19)23(26-21)17-10-16(13-25-14-17)15-4-3-5-20(11-15)28-2/h3-6,9-14,19H,7-8H2,2H3. The highest BCUT2D eigenvalue weighted by Gasteiger charge is 2.29. The first-order chi connectivity index (χ1) is 13.8. The van der Waals surface area contributed by atoms with Crippen LogP contribution in [-0.2, 0) is 0 Å². The zero-order valence-corrected chi connectivity index (χ0v) is 15.5. The molecule has 0 spiro atoms. The van der Waals surface area contributed by atoms with E-state index in [9.17, 15) is 0 Å². The van der Waals surface area contributed by atoms with Crippen molar-refractivity contribution in [3.05, 3.63) is 72.3 Å². The number of imidazole rings is 1. The van der Waals surface area contributed by atoms with Crippen LogP contribution in [0, 0.1) is 6.57 Å². The molecule has 2 aromatic carbocycles. The fraction of sp³-hybridized carbons (Fsp3) is 0.174. The molecule has 1 saturated carbocycles. The van der Waals surface area contributed by atoms with Crippen LogP contribution in [0.1, 0.15) is 18.9 Å². The van der Waals surface area contributed by atoms with Gasteiger partial charge in [0, 0.05) is 29.6 Å². The van der Waals surface area contributed by atoms with Crippen LogP contribution in [0.2, 0.25) is 0 Å². The summed E-state index contributed by atoms with van der Waals surface area (Å²) < 4.78 is 7.62. The molecule has 0 amide bonds. The molecule has 5 nitrogen and oxygen atoms in total. The number of fused-ring (bicyclic) bond motifs is 1. The van der Waals surface area contributed by atoms with E-state index in [0.717, 1.165) is 52.1 Å². The van der Waals surface area contributed by atoms with Gasteiger partial charge in [0.2, 0.25) is 0 Å². The largest absolute Gasteiger partial charge is 0.497 e. The molecule has 2 aromatic heterocycles. The lowest BCUT2D eigenvalue weighted by Crippen LogP contribution is -1.98. The lowest BCUT2D eigenvalue weighted by molar-refractivity contribution is 0.415. The summed E-state index contributed by atoms with van der Waals surface area (Å²) in [6.07, 6.45) is 6.01. The quantitative estimate of drug-likeness (QED) is 0.438. The number of pyridine rings is 1. The van der Waals surface area contributed by atoms with E-state index >= 15 is 0 Å². The molecule has 5 heteroatoms. The van der Waals surface area contributed by atoms with Gasteiger partial charge in [-0.05, 0) is 48.7 Å². The van der Waals surface area contributed by atoms with Crippen molar-refractivity contribution in [1.82, 2.24) is 14.5 Å². The number of ether oxygens (including phenoxy) is 1. The molecule has 0 atom stereocenters. The van der Waals surface area contributed by atoms with Crippen LogP contribution in [-0.4, -0.2) is 21.6 Å². The van der Waals surface area contributed by atoms with Gasteiger partial charge in [-0.1, -0.05) is 18.2 Å². The van der Waals surface area contributed by atoms with Crippen molar-refractivity contribution in [2.75, 3.05) is 7.11 Å². The predicted molar refractivity (Wildman–Crippen MR) is 109 cm³/mol. The van der Waals surface area contributed by atoms with Gasteiger partial charge in [0.05, 0.1) is 24.7 Å². The zero-order valence-electron chi connectivity index (χ0n) is 15.5. The van der Waals surface area contributed by atoms with Crippen molar-refractivity contribution in [2.24, 2.45) is 0 Å². The smallest absolute Gasteiger partial charge is 0.189 e. The number of nitrogens with zero attached hydrogens (tertiary/aromatic N) is 4. The Morgan fingerprint density at radius 2 is 1.89 bits per heavy atom. The maximum absolute atomic E-state index is 7.31. The maximum atomic E-state index is 7.31. The minimum Gasteiger partial charge on any atom is -0.497 e. The molecule has 0 radical (unpaired) electrons. The van der Waals surface area contributed by atoms with E-state index in [0.29, 0.717) is 11.7 Å². The normalized spacial score (nSPS) is 13.4. The second kappa shape index (κ2) is 6.50. The molecule has 28 heavy (non-hydrogen) atoms. The van der Waals surface area contributed by atoms with Gasteiger partial charge < -0.3 is 9.30 Å². The summed E-state index contributed by atoms with van der Waals surface area (Å²) in [5, 5.41) is 0. The van der Waals surface area contributed by atoms with Crippen LogP contribution >= 0.6 is 0 Å². The Kier molecular flexibility index (Phi) is 3.84. The molecule has 0 saturated heterocycles. The van der Waals surface area contributed by atoms with Crippen LogP contribution in [0.4, 0.5) is 5.69 Å². The van der Waals surface area contributed by atoms with Gasteiger partial charge in [0.15, 0.2) is 5.69 Å². The second-order valence-corrected chi connectivity index (χ2v) is 7.02. The molecule has 4 aromatic rings. The van der Waals surface area contributed by atoms with Gasteiger partial charge in [-0.25, -0.2) is 9.83 Å². The molecular formula is C23H18N4O. The molecule has 0 aliphatic heterocycles. The predicted octanol–water partition coefficient (Wildman–Crippen LogP) is 5.66. The van der Waals surface area contributed by atoms with Crippen molar-refractivity contribution < 1.29 is 4.74 Å². The van der Waals surface area contributed by atoms with Crippen LogP contribution in [0.25, 0.3) is 38.4 Å². The van der Waals surface area contributed by atoms with Crippen LogP contribution < -0.4 is 4.74 Å². The Hall–Kier alpha value is -3.65. The van der Waals surface area contributed by atoms with E-state index in [1.54, 1.807) is 7.11 Å². The highest BCUT2D eigenvalue weighted by molar-refractivity contribution is 5.85. The van der Waals surface area contributed by atoms with E-state index in [1.807, 2.05) is 48.8 Å². The fourth-order valence-corrected chi connectivity index (χ4v) is 3.58. The lowest BCUT2D eigenvalue weighted by atomic mass is 10.1. The zero-order chi connectivity index (χ0) is 19.1. The summed E-state index contributed by atoms with van der Waals surface area (Å²) >= 11 is 0. The fourth-order valence-electron chi connectivity index (χ4n) is 3.58. The minimum atomic E-state index is 0.446. The molecule has 1 fully saturated rings. The van der Waals surface area contributed by atoms with E-state index in [1.165, 1.54) is 0 Å². The molecule has 2 heterocycles. The molecule has 5 rings (SSSR count). The third kappa shape index (κ3) is 2.80. The van der Waals surface area contributed by atoms with Crippen LogP contribution in [0.5, 0.6) is 5.75 Å². The number of methoxy groups -OCH3 is 1. The summed E-state index contributed by atoms with van der Waals surface area (Å²) in [5.74, 6) is 1.73. The second-order valence-electron chi connectivity index (χ2n) is 7.02. The van der Waals surface area contributed by atoms with Crippen LogP contribution in [0.3, 0.4) is 0 Å². The third-order valence-electron chi connectivity index (χ3n) is 5.11. The first-order valence-electron chi connectivity index (χ1n) is 9.26. The third-order valence-corrected chi connectivity index (χ3v) is 5.11. The van der Waals surface area contributed by atoms with E-state index < -0.39 is 0 Å². The monoisotopic (exact) mass is 366 g/mol. The summed E-state index contributed by atoms with van der Waals surface area (Å²) in [4.78, 5) is 12.9. The number of hydrogen-bond acceptors (Lipinski definition) is 3. The Balaban J connectivity index is 1.66. The Morgan fingerprint density at radius 3 is 2.68 bits per heavy atom. The van der Waals surface area contributed by atoms with Gasteiger partial charge in [-0.15, -0.1) is 0 Å².